The molecule has 0 aliphatic rings. The molecule has 3 rings (SSSR count). The Balaban J connectivity index is 1.67. The molecule has 2 aromatic carbocycles. The van der Waals surface area contributed by atoms with Gasteiger partial charge in [-0.15, -0.1) is 0 Å². The lowest BCUT2D eigenvalue weighted by Crippen LogP contribution is -2.11. The van der Waals surface area contributed by atoms with Gasteiger partial charge >= 0.3 is 5.97 Å². The van der Waals surface area contributed by atoms with Crippen molar-refractivity contribution in [3.8, 4) is 6.07 Å². The first kappa shape index (κ1) is 17.8. The van der Waals surface area contributed by atoms with E-state index in [0.29, 0.717) is 11.1 Å². The second-order valence-corrected chi connectivity index (χ2v) is 5.69. The van der Waals surface area contributed by atoms with Crippen LogP contribution in [-0.4, -0.2) is 20.9 Å². The Morgan fingerprint density at radius 2 is 1.81 bits per heavy atom. The summed E-state index contributed by atoms with van der Waals surface area (Å²) in [4.78, 5) is 24.3. The number of esters is 1. The van der Waals surface area contributed by atoms with Crippen molar-refractivity contribution in [2.45, 2.75) is 13.5 Å². The molecule has 0 fully saturated rings. The maximum Gasteiger partial charge on any atom is 0.338 e. The zero-order valence-electron chi connectivity index (χ0n) is 14.5. The molecule has 0 radical (unpaired) electrons. The predicted molar refractivity (Wildman–Crippen MR) is 99.0 cm³/mol. The molecule has 0 amide bonds. The molecule has 0 bridgehead atoms. The van der Waals surface area contributed by atoms with Crippen molar-refractivity contribution in [3.05, 3.63) is 71.0 Å². The summed E-state index contributed by atoms with van der Waals surface area (Å²) in [5, 5.41) is 11.8. The van der Waals surface area contributed by atoms with Gasteiger partial charge in [0.25, 0.3) is 0 Å². The van der Waals surface area contributed by atoms with Gasteiger partial charge in [0.2, 0.25) is 11.9 Å². The van der Waals surface area contributed by atoms with Gasteiger partial charge in [-0.25, -0.2) is 4.79 Å². The van der Waals surface area contributed by atoms with Crippen LogP contribution in [0.25, 0.3) is 0 Å². The minimum absolute atomic E-state index is 0.0176. The van der Waals surface area contributed by atoms with Gasteiger partial charge in [-0.3, -0.25) is 0 Å². The molecule has 27 heavy (non-hydrogen) atoms. The van der Waals surface area contributed by atoms with E-state index in [0.717, 1.165) is 11.3 Å². The first-order valence-corrected chi connectivity index (χ1v) is 8.05. The molecule has 0 aliphatic heterocycles. The normalized spacial score (nSPS) is 10.1. The van der Waals surface area contributed by atoms with E-state index in [4.69, 9.17) is 15.7 Å². The number of aromatic nitrogens is 3. The Bertz CT molecular complexity index is 994. The average molecular weight is 360 g/mol. The molecule has 8 nitrogen and oxygen atoms in total. The monoisotopic (exact) mass is 360 g/mol. The molecule has 3 aromatic rings. The topological polar surface area (TPSA) is 127 Å². The molecule has 0 atom stereocenters. The fraction of sp³-hybridized carbons (Fsp3) is 0.105. The zero-order valence-corrected chi connectivity index (χ0v) is 14.5. The number of rotatable bonds is 5. The van der Waals surface area contributed by atoms with Crippen molar-refractivity contribution in [1.29, 1.82) is 5.26 Å². The molecular weight excluding hydrogens is 344 g/mol. The number of nitrogens with two attached hydrogens (primary N) is 1. The minimum Gasteiger partial charge on any atom is -0.454 e. The molecular formula is C19H16N6O2. The Morgan fingerprint density at radius 1 is 1.11 bits per heavy atom. The molecule has 3 N–H and O–H groups in total. The molecule has 134 valence electrons. The van der Waals surface area contributed by atoms with Crippen molar-refractivity contribution in [1.82, 2.24) is 15.0 Å². The maximum atomic E-state index is 12.1. The molecule has 8 heteroatoms. The van der Waals surface area contributed by atoms with Gasteiger partial charge in [0, 0.05) is 5.69 Å². The first-order valence-electron chi connectivity index (χ1n) is 8.05. The summed E-state index contributed by atoms with van der Waals surface area (Å²) >= 11 is 0. The number of anilines is 3. The molecule has 1 heterocycles. The Morgan fingerprint density at radius 3 is 2.48 bits per heavy atom. The number of nitrogen functional groups attached to an aromatic ring is 1. The Labute approximate surface area is 155 Å². The Hall–Kier alpha value is -3.99. The standard InChI is InChI=1S/C19H16N6O2/c1-12-2-8-15(9-3-12)22-19-24-16(23-18(21)25-19)11-27-17(26)14-6-4-13(10-20)5-7-14/h2-9H,11H2,1H3,(H3,21,22,23,24,25). The van der Waals surface area contributed by atoms with Gasteiger partial charge in [-0.2, -0.15) is 20.2 Å². The lowest BCUT2D eigenvalue weighted by atomic mass is 10.1. The van der Waals surface area contributed by atoms with E-state index < -0.39 is 5.97 Å². The number of hydrogen-bond donors (Lipinski definition) is 2. The fourth-order valence-corrected chi connectivity index (χ4v) is 2.22. The number of nitriles is 1. The zero-order chi connectivity index (χ0) is 19.2. The van der Waals surface area contributed by atoms with Crippen LogP contribution >= 0.6 is 0 Å². The summed E-state index contributed by atoms with van der Waals surface area (Å²) in [6.45, 7) is 1.83. The van der Waals surface area contributed by atoms with Gasteiger partial charge in [0.05, 0.1) is 17.2 Å². The highest BCUT2D eigenvalue weighted by Crippen LogP contribution is 2.15. The van der Waals surface area contributed by atoms with Crippen molar-refractivity contribution in [2.75, 3.05) is 11.1 Å². The number of ether oxygens (including phenoxy) is 1. The lowest BCUT2D eigenvalue weighted by molar-refractivity contribution is 0.0462. The molecule has 0 aliphatic carbocycles. The number of carbonyl (C=O) groups excluding carboxylic acids is 1. The molecule has 0 saturated carbocycles. The van der Waals surface area contributed by atoms with Crippen molar-refractivity contribution in [2.24, 2.45) is 0 Å². The van der Waals surface area contributed by atoms with Gasteiger partial charge in [0.1, 0.15) is 0 Å². The van der Waals surface area contributed by atoms with E-state index in [2.05, 4.69) is 20.3 Å². The molecule has 0 unspecified atom stereocenters. The Kier molecular flexibility index (Phi) is 5.23. The molecule has 0 spiro atoms. The number of benzene rings is 2. The van der Waals surface area contributed by atoms with Crippen LogP contribution in [0, 0.1) is 18.3 Å². The molecule has 1 aromatic heterocycles. The highest BCUT2D eigenvalue weighted by atomic mass is 16.5. The number of aryl methyl sites for hydroxylation is 1. The van der Waals surface area contributed by atoms with E-state index in [1.807, 2.05) is 37.3 Å². The van der Waals surface area contributed by atoms with Crippen LogP contribution in [0.2, 0.25) is 0 Å². The van der Waals surface area contributed by atoms with Crippen LogP contribution in [-0.2, 0) is 11.3 Å². The van der Waals surface area contributed by atoms with E-state index in [9.17, 15) is 4.79 Å². The van der Waals surface area contributed by atoms with Crippen molar-refractivity contribution >= 4 is 23.6 Å². The predicted octanol–water partition coefficient (Wildman–Crippen LogP) is 2.73. The summed E-state index contributed by atoms with van der Waals surface area (Å²) in [6.07, 6.45) is 0. The third-order valence-corrected chi connectivity index (χ3v) is 3.59. The van der Waals surface area contributed by atoms with Crippen LogP contribution in [0.5, 0.6) is 0 Å². The number of hydrogen-bond acceptors (Lipinski definition) is 8. The van der Waals surface area contributed by atoms with Crippen LogP contribution in [0.3, 0.4) is 0 Å². The lowest BCUT2D eigenvalue weighted by Gasteiger charge is -2.08. The second-order valence-electron chi connectivity index (χ2n) is 5.69. The summed E-state index contributed by atoms with van der Waals surface area (Å²) < 4.78 is 5.21. The van der Waals surface area contributed by atoms with E-state index in [-0.39, 0.29) is 24.3 Å². The third-order valence-electron chi connectivity index (χ3n) is 3.59. The van der Waals surface area contributed by atoms with Gasteiger partial charge < -0.3 is 15.8 Å². The largest absolute Gasteiger partial charge is 0.454 e. The summed E-state index contributed by atoms with van der Waals surface area (Å²) in [7, 11) is 0. The summed E-state index contributed by atoms with van der Waals surface area (Å²) in [6, 6.07) is 15.8. The van der Waals surface area contributed by atoms with Gasteiger partial charge in [-0.1, -0.05) is 17.7 Å². The summed E-state index contributed by atoms with van der Waals surface area (Å²) in [5.41, 5.74) is 8.43. The average Bonchev–Trinajstić information content (AvgIpc) is 2.67. The van der Waals surface area contributed by atoms with Gasteiger partial charge in [0.15, 0.2) is 12.4 Å². The highest BCUT2D eigenvalue weighted by Gasteiger charge is 2.11. The van der Waals surface area contributed by atoms with Crippen LogP contribution in [0.1, 0.15) is 27.3 Å². The van der Waals surface area contributed by atoms with Crippen LogP contribution in [0.15, 0.2) is 48.5 Å². The second kappa shape index (κ2) is 7.93. The van der Waals surface area contributed by atoms with Crippen LogP contribution in [0.4, 0.5) is 17.6 Å². The summed E-state index contributed by atoms with van der Waals surface area (Å²) in [5.74, 6) is -0.0505. The number of nitrogens with one attached hydrogen (secondary N) is 1. The van der Waals surface area contributed by atoms with E-state index >= 15 is 0 Å². The van der Waals surface area contributed by atoms with Crippen molar-refractivity contribution < 1.29 is 9.53 Å². The highest BCUT2D eigenvalue weighted by molar-refractivity contribution is 5.89. The minimum atomic E-state index is -0.550. The van der Waals surface area contributed by atoms with Crippen LogP contribution < -0.4 is 11.1 Å². The quantitative estimate of drug-likeness (QED) is 0.665. The van der Waals surface area contributed by atoms with Crippen molar-refractivity contribution in [3.63, 3.8) is 0 Å². The molecule has 0 saturated heterocycles. The van der Waals surface area contributed by atoms with E-state index in [1.54, 1.807) is 12.1 Å². The first-order chi connectivity index (χ1) is 13.0. The number of nitrogens with zero attached hydrogens (tertiary/aromatic N) is 4. The fourth-order valence-electron chi connectivity index (χ4n) is 2.22. The van der Waals surface area contributed by atoms with Gasteiger partial charge in [-0.05, 0) is 43.3 Å². The van der Waals surface area contributed by atoms with E-state index in [1.165, 1.54) is 12.1 Å². The third kappa shape index (κ3) is 4.76. The number of carbonyl (C=O) groups is 1. The smallest absolute Gasteiger partial charge is 0.338 e. The SMILES string of the molecule is Cc1ccc(Nc2nc(N)nc(COC(=O)c3ccc(C#N)cc3)n2)cc1. The maximum absolute atomic E-state index is 12.1.